The lowest BCUT2D eigenvalue weighted by atomic mass is 9.94. The lowest BCUT2D eigenvalue weighted by Crippen LogP contribution is -2.52. The quantitative estimate of drug-likeness (QED) is 0.791. The first kappa shape index (κ1) is 17.4. The Hall–Kier alpha value is -1.47. The standard InChI is InChI=1S/C18H25NO5/c20-9-6-16-12-18(23-10-11-24-18)7-8-19(16)13-17(21)22-14-15-4-2-1-3-5-15/h1-5,16,20H,6-14H2/t16-/m0/s1. The second-order valence-corrected chi connectivity index (χ2v) is 6.34. The highest BCUT2D eigenvalue weighted by atomic mass is 16.7. The number of hydrogen-bond donors (Lipinski definition) is 1. The first-order chi connectivity index (χ1) is 11.7. The molecule has 6 heteroatoms. The molecule has 2 fully saturated rings. The lowest BCUT2D eigenvalue weighted by Gasteiger charge is -2.43. The molecule has 1 aromatic rings. The number of ether oxygens (including phenoxy) is 3. The largest absolute Gasteiger partial charge is 0.460 e. The van der Waals surface area contributed by atoms with Crippen molar-refractivity contribution >= 4 is 5.97 Å². The molecular weight excluding hydrogens is 310 g/mol. The highest BCUT2D eigenvalue weighted by Crippen LogP contribution is 2.35. The van der Waals surface area contributed by atoms with Crippen LogP contribution in [0, 0.1) is 0 Å². The molecule has 1 spiro atoms. The molecule has 3 rings (SSSR count). The zero-order valence-corrected chi connectivity index (χ0v) is 13.9. The van der Waals surface area contributed by atoms with Crippen LogP contribution in [-0.2, 0) is 25.6 Å². The van der Waals surface area contributed by atoms with Crippen LogP contribution < -0.4 is 0 Å². The lowest BCUT2D eigenvalue weighted by molar-refractivity contribution is -0.199. The minimum absolute atomic E-state index is 0.0612. The van der Waals surface area contributed by atoms with Gasteiger partial charge in [0.25, 0.3) is 0 Å². The van der Waals surface area contributed by atoms with Gasteiger partial charge in [-0.05, 0) is 12.0 Å². The molecule has 24 heavy (non-hydrogen) atoms. The maximum atomic E-state index is 12.2. The first-order valence-electron chi connectivity index (χ1n) is 8.53. The molecule has 2 heterocycles. The first-order valence-corrected chi connectivity index (χ1v) is 8.53. The van der Waals surface area contributed by atoms with Gasteiger partial charge in [-0.3, -0.25) is 9.69 Å². The maximum absolute atomic E-state index is 12.2. The van der Waals surface area contributed by atoms with Crippen molar-refractivity contribution in [2.45, 2.75) is 37.7 Å². The monoisotopic (exact) mass is 335 g/mol. The summed E-state index contributed by atoms with van der Waals surface area (Å²) in [7, 11) is 0. The normalized spacial score (nSPS) is 23.5. The molecule has 2 aliphatic heterocycles. The van der Waals surface area contributed by atoms with Crippen LogP contribution in [0.3, 0.4) is 0 Å². The summed E-state index contributed by atoms with van der Waals surface area (Å²) >= 11 is 0. The molecule has 0 aromatic heterocycles. The Kier molecular flexibility index (Phi) is 5.84. The van der Waals surface area contributed by atoms with Gasteiger partial charge >= 0.3 is 5.97 Å². The third-order valence-corrected chi connectivity index (χ3v) is 4.69. The van der Waals surface area contributed by atoms with E-state index in [2.05, 4.69) is 4.90 Å². The Morgan fingerprint density at radius 2 is 2.04 bits per heavy atom. The second-order valence-electron chi connectivity index (χ2n) is 6.34. The van der Waals surface area contributed by atoms with Crippen LogP contribution in [-0.4, -0.2) is 60.7 Å². The third kappa shape index (κ3) is 4.33. The maximum Gasteiger partial charge on any atom is 0.320 e. The number of carbonyl (C=O) groups excluding carboxylic acids is 1. The van der Waals surface area contributed by atoms with E-state index in [9.17, 15) is 9.90 Å². The molecule has 2 saturated heterocycles. The fourth-order valence-electron chi connectivity index (χ4n) is 3.44. The fraction of sp³-hybridized carbons (Fsp3) is 0.611. The van der Waals surface area contributed by atoms with Gasteiger partial charge < -0.3 is 19.3 Å². The molecule has 132 valence electrons. The topological polar surface area (TPSA) is 68.2 Å². The number of piperidine rings is 1. The van der Waals surface area contributed by atoms with Gasteiger partial charge in [0.1, 0.15) is 6.61 Å². The van der Waals surface area contributed by atoms with Crippen LogP contribution in [0.5, 0.6) is 0 Å². The third-order valence-electron chi connectivity index (χ3n) is 4.69. The van der Waals surface area contributed by atoms with Gasteiger partial charge in [0.2, 0.25) is 0 Å². The van der Waals surface area contributed by atoms with Crippen LogP contribution in [0.2, 0.25) is 0 Å². The van der Waals surface area contributed by atoms with Gasteiger partial charge in [0.15, 0.2) is 5.79 Å². The number of hydrogen-bond acceptors (Lipinski definition) is 6. The van der Waals surface area contributed by atoms with Crippen molar-refractivity contribution in [1.82, 2.24) is 4.90 Å². The van der Waals surface area contributed by atoms with Crippen LogP contribution in [0.25, 0.3) is 0 Å². The fourth-order valence-corrected chi connectivity index (χ4v) is 3.44. The van der Waals surface area contributed by atoms with Crippen molar-refractivity contribution in [3.63, 3.8) is 0 Å². The number of esters is 1. The average Bonchev–Trinajstić information content (AvgIpc) is 3.05. The molecule has 0 aliphatic carbocycles. The predicted octanol–water partition coefficient (Wildman–Crippen LogP) is 1.32. The molecule has 0 bridgehead atoms. The molecule has 0 radical (unpaired) electrons. The van der Waals surface area contributed by atoms with Crippen molar-refractivity contribution in [2.75, 3.05) is 32.9 Å². The zero-order valence-electron chi connectivity index (χ0n) is 13.9. The number of aliphatic hydroxyl groups is 1. The Balaban J connectivity index is 1.52. The molecule has 0 unspecified atom stereocenters. The minimum Gasteiger partial charge on any atom is -0.460 e. The number of likely N-dealkylation sites (tertiary alicyclic amines) is 1. The van der Waals surface area contributed by atoms with Crippen molar-refractivity contribution in [3.8, 4) is 0 Å². The van der Waals surface area contributed by atoms with Gasteiger partial charge in [0, 0.05) is 32.0 Å². The van der Waals surface area contributed by atoms with Crippen LogP contribution in [0.1, 0.15) is 24.8 Å². The number of rotatable bonds is 6. The molecular formula is C18H25NO5. The SMILES string of the molecule is O=C(CN1CCC2(C[C@@H]1CCO)OCCO2)OCc1ccccc1. The van der Waals surface area contributed by atoms with E-state index in [1.807, 2.05) is 30.3 Å². The summed E-state index contributed by atoms with van der Waals surface area (Å²) in [5.41, 5.74) is 0.975. The van der Waals surface area contributed by atoms with Crippen LogP contribution >= 0.6 is 0 Å². The summed E-state index contributed by atoms with van der Waals surface area (Å²) in [6.07, 6.45) is 2.01. The summed E-state index contributed by atoms with van der Waals surface area (Å²) in [4.78, 5) is 14.2. The molecule has 1 atom stereocenters. The number of carbonyl (C=O) groups is 1. The number of nitrogens with zero attached hydrogens (tertiary/aromatic N) is 1. The molecule has 0 saturated carbocycles. The Bertz CT molecular complexity index is 529. The summed E-state index contributed by atoms with van der Waals surface area (Å²) in [6.45, 7) is 2.53. The number of benzene rings is 1. The van der Waals surface area contributed by atoms with Crippen molar-refractivity contribution in [1.29, 1.82) is 0 Å². The molecule has 1 aromatic carbocycles. The van der Waals surface area contributed by atoms with Gasteiger partial charge in [-0.25, -0.2) is 0 Å². The van der Waals surface area contributed by atoms with Crippen molar-refractivity contribution in [3.05, 3.63) is 35.9 Å². The average molecular weight is 335 g/mol. The summed E-state index contributed by atoms with van der Waals surface area (Å²) in [5, 5.41) is 9.33. The van der Waals surface area contributed by atoms with Gasteiger partial charge in [-0.15, -0.1) is 0 Å². The van der Waals surface area contributed by atoms with E-state index in [1.165, 1.54) is 0 Å². The van der Waals surface area contributed by atoms with Gasteiger partial charge in [-0.2, -0.15) is 0 Å². The Labute approximate surface area is 142 Å². The van der Waals surface area contributed by atoms with Crippen molar-refractivity contribution in [2.24, 2.45) is 0 Å². The van der Waals surface area contributed by atoms with Crippen molar-refractivity contribution < 1.29 is 24.1 Å². The molecule has 6 nitrogen and oxygen atoms in total. The van der Waals surface area contributed by atoms with E-state index in [1.54, 1.807) is 0 Å². The van der Waals surface area contributed by atoms with E-state index >= 15 is 0 Å². The molecule has 1 N–H and O–H groups in total. The van der Waals surface area contributed by atoms with Crippen LogP contribution in [0.15, 0.2) is 30.3 Å². The summed E-state index contributed by atoms with van der Waals surface area (Å²) in [5.74, 6) is -0.768. The van der Waals surface area contributed by atoms with E-state index in [-0.39, 0.29) is 31.8 Å². The number of aliphatic hydroxyl groups excluding tert-OH is 1. The molecule has 2 aliphatic rings. The highest BCUT2D eigenvalue weighted by Gasteiger charge is 2.44. The van der Waals surface area contributed by atoms with Gasteiger partial charge in [0.05, 0.1) is 19.8 Å². The van der Waals surface area contributed by atoms with E-state index in [0.717, 1.165) is 12.0 Å². The Morgan fingerprint density at radius 3 is 2.75 bits per heavy atom. The minimum atomic E-state index is -0.524. The van der Waals surface area contributed by atoms with Crippen LogP contribution in [0.4, 0.5) is 0 Å². The van der Waals surface area contributed by atoms with E-state index in [4.69, 9.17) is 14.2 Å². The molecule has 0 amide bonds. The zero-order chi connectivity index (χ0) is 16.8. The van der Waals surface area contributed by atoms with E-state index < -0.39 is 5.79 Å². The highest BCUT2D eigenvalue weighted by molar-refractivity contribution is 5.71. The van der Waals surface area contributed by atoms with Gasteiger partial charge in [-0.1, -0.05) is 30.3 Å². The second kappa shape index (κ2) is 8.07. The summed E-state index contributed by atoms with van der Waals surface area (Å²) in [6, 6.07) is 9.70. The van der Waals surface area contributed by atoms with E-state index in [0.29, 0.717) is 32.6 Å². The predicted molar refractivity (Wildman–Crippen MR) is 87.2 cm³/mol. The smallest absolute Gasteiger partial charge is 0.320 e. The Morgan fingerprint density at radius 1 is 1.29 bits per heavy atom. The summed E-state index contributed by atoms with van der Waals surface area (Å²) < 4.78 is 16.9.